The van der Waals surface area contributed by atoms with Gasteiger partial charge in [0.15, 0.2) is 12.6 Å². The van der Waals surface area contributed by atoms with E-state index in [0.29, 0.717) is 23.4 Å². The van der Waals surface area contributed by atoms with Crippen molar-refractivity contribution < 1.29 is 53.3 Å². The molecule has 2 heterocycles. The highest BCUT2D eigenvalue weighted by Gasteiger charge is 2.52. The third-order valence-corrected chi connectivity index (χ3v) is 13.9. The molecule has 2 aliphatic heterocycles. The van der Waals surface area contributed by atoms with Crippen LogP contribution >= 0.6 is 0 Å². The monoisotopic (exact) mass is 920 g/mol. The van der Waals surface area contributed by atoms with E-state index < -0.39 is 89.8 Å². The highest BCUT2D eigenvalue weighted by atomic mass is 19.1. The van der Waals surface area contributed by atoms with Crippen LogP contribution < -0.4 is 0 Å². The van der Waals surface area contributed by atoms with Gasteiger partial charge >= 0.3 is 5.97 Å². The SMILES string of the molecule is CCC1OC(O)C(C)C(OC(=O)Cc2ccc(F)cc2)C(C)C(OC2OC(C)CC(N(C)C)C2O)C(C)(OC)CC(C)C(=NN=C(C)c2ccc(-c3ccccc3)cc2)C(C)C(O)C1(C)O. The maximum absolute atomic E-state index is 13.9. The molecule has 0 aromatic heterocycles. The summed E-state index contributed by atoms with van der Waals surface area (Å²) < 4.78 is 46.2. The maximum Gasteiger partial charge on any atom is 0.310 e. The van der Waals surface area contributed by atoms with Gasteiger partial charge in [0.1, 0.15) is 23.6 Å². The molecule has 0 radical (unpaired) electrons. The van der Waals surface area contributed by atoms with Gasteiger partial charge in [0, 0.05) is 36.6 Å². The van der Waals surface area contributed by atoms with Crippen molar-refractivity contribution in [3.8, 4) is 11.1 Å². The number of hydrogen-bond acceptors (Lipinski definition) is 13. The Morgan fingerprint density at radius 2 is 1.52 bits per heavy atom. The fraction of sp³-hybridized carbons (Fsp3) is 0.596. The number of carbonyl (C=O) groups excluding carboxylic acids is 1. The Balaban J connectivity index is 1.64. The molecule has 13 nitrogen and oxygen atoms in total. The molecule has 0 spiro atoms. The van der Waals surface area contributed by atoms with E-state index in [2.05, 4.69) is 0 Å². The van der Waals surface area contributed by atoms with E-state index in [4.69, 9.17) is 33.9 Å². The fourth-order valence-electron chi connectivity index (χ4n) is 9.80. The standard InChI is InChI=1S/C52H74FN3O10/c1-13-42-52(9,61)47(59)32(4)44(55-54-35(7)37-21-23-39(24-22-37)38-17-15-14-16-18-38)30(2)29-51(8,62-12)48(66-50-45(58)41(56(10)11)27-31(3)63-50)33(5)46(34(6)49(60)64-42)65-43(57)28-36-19-25-40(53)26-20-36/h14-26,30-34,41-42,45-50,58-61H,13,27-29H2,1-12H3. The molecule has 3 aromatic rings. The third-order valence-electron chi connectivity index (χ3n) is 13.9. The molecule has 2 aliphatic rings. The van der Waals surface area contributed by atoms with E-state index >= 15 is 0 Å². The molecule has 0 bridgehead atoms. The van der Waals surface area contributed by atoms with Gasteiger partial charge in [0.05, 0.1) is 42.1 Å². The van der Waals surface area contributed by atoms with Crippen LogP contribution in [0.5, 0.6) is 0 Å². The number of aliphatic hydroxyl groups excluding tert-OH is 3. The summed E-state index contributed by atoms with van der Waals surface area (Å²) in [5.41, 5.74) is 1.39. The van der Waals surface area contributed by atoms with E-state index in [-0.39, 0.29) is 31.4 Å². The summed E-state index contributed by atoms with van der Waals surface area (Å²) in [5, 5.41) is 57.8. The van der Waals surface area contributed by atoms with E-state index in [1.807, 2.05) is 108 Å². The van der Waals surface area contributed by atoms with Crippen molar-refractivity contribution in [1.82, 2.24) is 4.90 Å². The first-order valence-electron chi connectivity index (χ1n) is 23.3. The lowest BCUT2D eigenvalue weighted by molar-refractivity contribution is -0.304. The summed E-state index contributed by atoms with van der Waals surface area (Å²) >= 11 is 0. The second kappa shape index (κ2) is 22.9. The summed E-state index contributed by atoms with van der Waals surface area (Å²) in [6.07, 6.45) is -8.09. The van der Waals surface area contributed by atoms with Crippen LogP contribution in [0.25, 0.3) is 11.1 Å². The number of esters is 1. The number of halogens is 1. The van der Waals surface area contributed by atoms with Crippen molar-refractivity contribution >= 4 is 17.4 Å². The first-order chi connectivity index (χ1) is 31.1. The maximum atomic E-state index is 13.9. The van der Waals surface area contributed by atoms with Gasteiger partial charge in [-0.25, -0.2) is 4.39 Å². The van der Waals surface area contributed by atoms with E-state index in [1.165, 1.54) is 31.2 Å². The normalized spacial score (nSPS) is 35.9. The Hall–Kier alpha value is -3.96. The number of likely N-dealkylation sites (N-methyl/N-ethyl adjacent to an activating group) is 1. The summed E-state index contributed by atoms with van der Waals surface area (Å²) in [6, 6.07) is 23.3. The van der Waals surface area contributed by atoms with Crippen LogP contribution in [-0.2, 0) is 34.9 Å². The molecule has 0 aliphatic carbocycles. The van der Waals surface area contributed by atoms with Crippen molar-refractivity contribution in [2.45, 2.75) is 154 Å². The van der Waals surface area contributed by atoms with Gasteiger partial charge in [-0.15, -0.1) is 0 Å². The molecule has 0 saturated carbocycles. The van der Waals surface area contributed by atoms with Crippen LogP contribution in [0.15, 0.2) is 89.1 Å². The Kier molecular flexibility index (Phi) is 18.4. The van der Waals surface area contributed by atoms with E-state index in [0.717, 1.165) is 16.7 Å². The van der Waals surface area contributed by atoms with Crippen LogP contribution in [0.3, 0.4) is 0 Å². The summed E-state index contributed by atoms with van der Waals surface area (Å²) in [5.74, 6) is -4.14. The van der Waals surface area contributed by atoms with Crippen LogP contribution in [0.1, 0.15) is 92.7 Å². The van der Waals surface area contributed by atoms with Gasteiger partial charge in [-0.05, 0) is 101 Å². The van der Waals surface area contributed by atoms with Gasteiger partial charge in [0.2, 0.25) is 0 Å². The Labute approximate surface area is 391 Å². The molecule has 14 heteroatoms. The summed E-state index contributed by atoms with van der Waals surface area (Å²) in [4.78, 5) is 15.8. The molecular weight excluding hydrogens is 846 g/mol. The van der Waals surface area contributed by atoms with Crippen molar-refractivity contribution in [2.75, 3.05) is 21.2 Å². The molecule has 15 unspecified atom stereocenters. The molecule has 15 atom stereocenters. The summed E-state index contributed by atoms with van der Waals surface area (Å²) in [7, 11) is 5.32. The lowest BCUT2D eigenvalue weighted by Gasteiger charge is -2.49. The zero-order chi connectivity index (χ0) is 48.7. The van der Waals surface area contributed by atoms with Gasteiger partial charge in [-0.2, -0.15) is 10.2 Å². The Bertz CT molecular complexity index is 2070. The highest BCUT2D eigenvalue weighted by molar-refractivity contribution is 6.00. The smallest absolute Gasteiger partial charge is 0.310 e. The molecule has 2 fully saturated rings. The number of rotatable bonds is 11. The van der Waals surface area contributed by atoms with Gasteiger partial charge < -0.3 is 49.0 Å². The average Bonchev–Trinajstić information content (AvgIpc) is 3.29. The number of methoxy groups -OCH3 is 1. The molecule has 2 saturated heterocycles. The van der Waals surface area contributed by atoms with Crippen molar-refractivity contribution in [1.29, 1.82) is 0 Å². The van der Waals surface area contributed by atoms with Crippen LogP contribution in [0.2, 0.25) is 0 Å². The predicted molar refractivity (Wildman–Crippen MR) is 253 cm³/mol. The number of benzene rings is 3. The van der Waals surface area contributed by atoms with Crippen LogP contribution in [0, 0.1) is 29.5 Å². The number of ether oxygens (including phenoxy) is 5. The number of aliphatic hydroxyl groups is 4. The molecule has 3 aromatic carbocycles. The zero-order valence-corrected chi connectivity index (χ0v) is 40.8. The van der Waals surface area contributed by atoms with E-state index in [1.54, 1.807) is 27.9 Å². The minimum Gasteiger partial charge on any atom is -0.461 e. The molecule has 5 rings (SSSR count). The first kappa shape index (κ1) is 53.0. The number of hydrogen-bond donors (Lipinski definition) is 4. The van der Waals surface area contributed by atoms with Crippen molar-refractivity contribution in [3.05, 3.63) is 95.8 Å². The first-order valence-corrected chi connectivity index (χ1v) is 23.3. The van der Waals surface area contributed by atoms with Crippen molar-refractivity contribution in [2.24, 2.45) is 33.9 Å². The van der Waals surface area contributed by atoms with Gasteiger partial charge in [-0.1, -0.05) is 101 Å². The lowest BCUT2D eigenvalue weighted by Crippen LogP contribution is -2.61. The Morgan fingerprint density at radius 3 is 2.11 bits per heavy atom. The Morgan fingerprint density at radius 1 is 0.894 bits per heavy atom. The number of nitrogens with zero attached hydrogens (tertiary/aromatic N) is 3. The molecule has 0 amide bonds. The van der Waals surface area contributed by atoms with Gasteiger partial charge in [0.25, 0.3) is 0 Å². The van der Waals surface area contributed by atoms with E-state index in [9.17, 15) is 29.6 Å². The topological polar surface area (TPSA) is 172 Å². The van der Waals surface area contributed by atoms with Gasteiger partial charge in [-0.3, -0.25) is 4.79 Å². The number of carbonyl (C=O) groups is 1. The second-order valence-corrected chi connectivity index (χ2v) is 19.3. The quantitative estimate of drug-likeness (QED) is 0.0871. The largest absolute Gasteiger partial charge is 0.461 e. The third kappa shape index (κ3) is 12.6. The minimum absolute atomic E-state index is 0.193. The molecule has 4 N–H and O–H groups in total. The van der Waals surface area contributed by atoms with Crippen molar-refractivity contribution in [3.63, 3.8) is 0 Å². The average molecular weight is 920 g/mol. The van der Waals surface area contributed by atoms with Crippen LogP contribution in [-0.4, -0.2) is 130 Å². The predicted octanol–water partition coefficient (Wildman–Crippen LogP) is 7.20. The molecule has 364 valence electrons. The highest BCUT2D eigenvalue weighted by Crippen LogP contribution is 2.41. The lowest BCUT2D eigenvalue weighted by atomic mass is 9.73. The van der Waals surface area contributed by atoms with Crippen LogP contribution in [0.4, 0.5) is 4.39 Å². The zero-order valence-electron chi connectivity index (χ0n) is 40.8. The molecular formula is C52H74FN3O10. The fourth-order valence-corrected chi connectivity index (χ4v) is 9.80. The molecule has 66 heavy (non-hydrogen) atoms. The second-order valence-electron chi connectivity index (χ2n) is 19.3. The minimum atomic E-state index is -1.92. The summed E-state index contributed by atoms with van der Waals surface area (Å²) in [6.45, 7) is 16.1.